The maximum Gasteiger partial charge on any atom is 0.306 e. The van der Waals surface area contributed by atoms with Gasteiger partial charge in [0, 0.05) is 19.3 Å². The summed E-state index contributed by atoms with van der Waals surface area (Å²) in [5.41, 5.74) is 0. The highest BCUT2D eigenvalue weighted by Crippen LogP contribution is 2.16. The Balaban J connectivity index is 4.30. The zero-order chi connectivity index (χ0) is 44.4. The third-order valence-electron chi connectivity index (χ3n) is 12.0. The van der Waals surface area contributed by atoms with Crippen LogP contribution in [0.4, 0.5) is 0 Å². The van der Waals surface area contributed by atoms with Gasteiger partial charge in [-0.3, -0.25) is 14.4 Å². The summed E-state index contributed by atoms with van der Waals surface area (Å²) in [6.45, 7) is 6.61. The Morgan fingerprint density at radius 2 is 0.607 bits per heavy atom. The molecule has 6 nitrogen and oxygen atoms in total. The van der Waals surface area contributed by atoms with E-state index in [1.165, 1.54) is 167 Å². The van der Waals surface area contributed by atoms with Crippen LogP contribution in [-0.4, -0.2) is 37.2 Å². The van der Waals surface area contributed by atoms with Crippen molar-refractivity contribution in [1.29, 1.82) is 0 Å². The fourth-order valence-electron chi connectivity index (χ4n) is 7.87. The molecule has 1 atom stereocenters. The van der Waals surface area contributed by atoms with Crippen molar-refractivity contribution in [2.75, 3.05) is 13.2 Å². The van der Waals surface area contributed by atoms with Gasteiger partial charge in [0.05, 0.1) is 0 Å². The molecular formula is C55H102O6. The van der Waals surface area contributed by atoms with Crippen LogP contribution in [0.5, 0.6) is 0 Å². The van der Waals surface area contributed by atoms with Gasteiger partial charge in [0.1, 0.15) is 13.2 Å². The van der Waals surface area contributed by atoms with Crippen LogP contribution in [0.3, 0.4) is 0 Å². The molecule has 0 radical (unpaired) electrons. The van der Waals surface area contributed by atoms with Crippen LogP contribution in [-0.2, 0) is 28.6 Å². The number of ether oxygens (including phenoxy) is 3. The molecule has 61 heavy (non-hydrogen) atoms. The van der Waals surface area contributed by atoms with Gasteiger partial charge in [-0.25, -0.2) is 0 Å². The molecule has 0 bridgehead atoms. The second-order valence-electron chi connectivity index (χ2n) is 18.2. The van der Waals surface area contributed by atoms with Gasteiger partial charge in [-0.15, -0.1) is 0 Å². The van der Waals surface area contributed by atoms with E-state index in [2.05, 4.69) is 45.1 Å². The van der Waals surface area contributed by atoms with Crippen LogP contribution in [0.2, 0.25) is 0 Å². The molecule has 0 saturated heterocycles. The number of allylic oxidation sites excluding steroid dienone is 4. The minimum atomic E-state index is -0.772. The number of rotatable bonds is 49. The van der Waals surface area contributed by atoms with Crippen LogP contribution in [0, 0.1) is 0 Å². The summed E-state index contributed by atoms with van der Waals surface area (Å²) in [6, 6.07) is 0. The van der Waals surface area contributed by atoms with E-state index >= 15 is 0 Å². The number of hydrogen-bond donors (Lipinski definition) is 0. The van der Waals surface area contributed by atoms with Crippen molar-refractivity contribution >= 4 is 17.9 Å². The zero-order valence-corrected chi connectivity index (χ0v) is 40.9. The lowest BCUT2D eigenvalue weighted by molar-refractivity contribution is -0.167. The van der Waals surface area contributed by atoms with Gasteiger partial charge in [-0.2, -0.15) is 0 Å². The average molecular weight is 859 g/mol. The van der Waals surface area contributed by atoms with E-state index in [4.69, 9.17) is 14.2 Å². The van der Waals surface area contributed by atoms with E-state index in [1.807, 2.05) is 0 Å². The Kier molecular flexibility index (Phi) is 48.8. The molecule has 0 fully saturated rings. The summed E-state index contributed by atoms with van der Waals surface area (Å²) in [4.78, 5) is 38.0. The van der Waals surface area contributed by atoms with Crippen molar-refractivity contribution in [3.05, 3.63) is 24.3 Å². The van der Waals surface area contributed by atoms with E-state index in [0.29, 0.717) is 19.3 Å². The Hall–Kier alpha value is -2.11. The first kappa shape index (κ1) is 58.9. The molecule has 0 N–H and O–H groups in total. The highest BCUT2D eigenvalue weighted by atomic mass is 16.6. The first-order chi connectivity index (χ1) is 30.0. The summed E-state index contributed by atoms with van der Waals surface area (Å²) >= 11 is 0. The maximum atomic E-state index is 12.8. The van der Waals surface area contributed by atoms with Crippen molar-refractivity contribution in [3.8, 4) is 0 Å². The molecule has 0 aromatic rings. The third kappa shape index (κ3) is 48.8. The fourth-order valence-corrected chi connectivity index (χ4v) is 7.87. The molecule has 0 spiro atoms. The second kappa shape index (κ2) is 50.5. The van der Waals surface area contributed by atoms with E-state index in [9.17, 15) is 14.4 Å². The summed E-state index contributed by atoms with van der Waals surface area (Å²) < 4.78 is 16.8. The number of hydrogen-bond acceptors (Lipinski definition) is 6. The molecule has 0 rings (SSSR count). The van der Waals surface area contributed by atoms with Crippen LogP contribution >= 0.6 is 0 Å². The smallest absolute Gasteiger partial charge is 0.306 e. The van der Waals surface area contributed by atoms with Gasteiger partial charge in [-0.1, -0.05) is 251 Å². The van der Waals surface area contributed by atoms with Crippen molar-refractivity contribution in [2.45, 2.75) is 297 Å². The molecule has 0 aliphatic carbocycles. The van der Waals surface area contributed by atoms with Gasteiger partial charge in [-0.05, 0) is 44.9 Å². The first-order valence-electron chi connectivity index (χ1n) is 26.8. The van der Waals surface area contributed by atoms with Crippen molar-refractivity contribution in [3.63, 3.8) is 0 Å². The van der Waals surface area contributed by atoms with Gasteiger partial charge in [0.15, 0.2) is 6.10 Å². The minimum Gasteiger partial charge on any atom is -0.462 e. The lowest BCUT2D eigenvalue weighted by Crippen LogP contribution is -2.30. The van der Waals surface area contributed by atoms with Crippen molar-refractivity contribution < 1.29 is 28.6 Å². The van der Waals surface area contributed by atoms with Crippen molar-refractivity contribution in [2.24, 2.45) is 0 Å². The predicted octanol–water partition coefficient (Wildman–Crippen LogP) is 17.5. The van der Waals surface area contributed by atoms with Gasteiger partial charge < -0.3 is 14.2 Å². The van der Waals surface area contributed by atoms with Crippen LogP contribution < -0.4 is 0 Å². The minimum absolute atomic E-state index is 0.0720. The average Bonchev–Trinajstić information content (AvgIpc) is 3.26. The largest absolute Gasteiger partial charge is 0.462 e. The molecule has 358 valence electrons. The summed E-state index contributed by atoms with van der Waals surface area (Å²) in [5.74, 6) is -0.871. The SMILES string of the molecule is CCCC/C=C\C/C=C\CCCCCCCC(=O)O[C@H](COC(=O)CCCCCCCCCCCCC)COC(=O)CCCCCCCCCCCCCCCCCCCC. The van der Waals surface area contributed by atoms with E-state index < -0.39 is 6.10 Å². The molecule has 6 heteroatoms. The number of unbranched alkanes of at least 4 members (excludes halogenated alkanes) is 34. The second-order valence-corrected chi connectivity index (χ2v) is 18.2. The Bertz CT molecular complexity index is 989. The highest BCUT2D eigenvalue weighted by Gasteiger charge is 2.19. The Labute approximate surface area is 379 Å². The Morgan fingerprint density at radius 3 is 0.951 bits per heavy atom. The standard InChI is InChI=1S/C55H102O6/c1-4-7-10-13-16-19-22-24-26-27-28-29-31-33-36-39-42-45-48-54(57)60-51-52(50-59-53(56)47-44-41-38-35-32-21-18-15-12-9-6-3)61-55(58)49-46-43-40-37-34-30-25-23-20-17-14-11-8-5-2/h14,17,23,25,52H,4-13,15-16,18-22,24,26-51H2,1-3H3/b17-14-,25-23-/t52-/m1/s1. The molecule has 0 aromatic carbocycles. The molecule has 0 aliphatic rings. The highest BCUT2D eigenvalue weighted by molar-refractivity contribution is 5.71. The van der Waals surface area contributed by atoms with E-state index in [-0.39, 0.29) is 31.1 Å². The summed E-state index contributed by atoms with van der Waals surface area (Å²) in [5, 5.41) is 0. The molecule has 0 aromatic heterocycles. The van der Waals surface area contributed by atoms with Gasteiger partial charge in [0.25, 0.3) is 0 Å². The van der Waals surface area contributed by atoms with Gasteiger partial charge >= 0.3 is 17.9 Å². The first-order valence-corrected chi connectivity index (χ1v) is 26.8. The zero-order valence-electron chi connectivity index (χ0n) is 40.9. The maximum absolute atomic E-state index is 12.8. The molecule has 0 unspecified atom stereocenters. The molecular weight excluding hydrogens is 757 g/mol. The molecule has 0 saturated carbocycles. The number of carbonyl (C=O) groups excluding carboxylic acids is 3. The Morgan fingerprint density at radius 1 is 0.328 bits per heavy atom. The quantitative estimate of drug-likeness (QED) is 0.0262. The lowest BCUT2D eigenvalue weighted by atomic mass is 10.0. The fraction of sp³-hybridized carbons (Fsp3) is 0.873. The normalized spacial score (nSPS) is 12.1. The molecule has 0 amide bonds. The monoisotopic (exact) mass is 859 g/mol. The van der Waals surface area contributed by atoms with Crippen LogP contribution in [0.15, 0.2) is 24.3 Å². The van der Waals surface area contributed by atoms with E-state index in [1.54, 1.807) is 0 Å². The number of carbonyl (C=O) groups is 3. The summed E-state index contributed by atoms with van der Waals surface area (Å²) in [7, 11) is 0. The molecule has 0 heterocycles. The summed E-state index contributed by atoms with van der Waals surface area (Å²) in [6.07, 6.45) is 57.3. The lowest BCUT2D eigenvalue weighted by Gasteiger charge is -2.18. The molecule has 0 aliphatic heterocycles. The van der Waals surface area contributed by atoms with E-state index in [0.717, 1.165) is 83.5 Å². The van der Waals surface area contributed by atoms with Crippen LogP contribution in [0.25, 0.3) is 0 Å². The third-order valence-corrected chi connectivity index (χ3v) is 12.0. The topological polar surface area (TPSA) is 78.9 Å². The van der Waals surface area contributed by atoms with Crippen LogP contribution in [0.1, 0.15) is 290 Å². The van der Waals surface area contributed by atoms with Gasteiger partial charge in [0.2, 0.25) is 0 Å². The van der Waals surface area contributed by atoms with Crippen molar-refractivity contribution in [1.82, 2.24) is 0 Å². The number of esters is 3. The predicted molar refractivity (Wildman–Crippen MR) is 261 cm³/mol.